The largest absolute Gasteiger partial charge is 0.361 e. The first-order valence-corrected chi connectivity index (χ1v) is 4.32. The van der Waals surface area contributed by atoms with Gasteiger partial charge in [-0.3, -0.25) is 4.79 Å². The van der Waals surface area contributed by atoms with Gasteiger partial charge >= 0.3 is 0 Å². The lowest BCUT2D eigenvalue weighted by Gasteiger charge is -1.99. The Morgan fingerprint density at radius 2 is 2.23 bits per heavy atom. The predicted molar refractivity (Wildman–Crippen MR) is 52.7 cm³/mol. The van der Waals surface area contributed by atoms with E-state index >= 15 is 0 Å². The van der Waals surface area contributed by atoms with E-state index in [1.807, 2.05) is 30.5 Å². The molecule has 0 atom stereocenters. The van der Waals surface area contributed by atoms with E-state index < -0.39 is 0 Å². The summed E-state index contributed by atoms with van der Waals surface area (Å²) in [6, 6.07) is 7.99. The lowest BCUT2D eigenvalue weighted by molar-refractivity contribution is -0.116. The number of aromatic nitrogens is 1. The molecule has 0 spiro atoms. The number of rotatable bonds is 2. The van der Waals surface area contributed by atoms with Crippen LogP contribution in [0.15, 0.2) is 30.5 Å². The minimum Gasteiger partial charge on any atom is -0.361 e. The van der Waals surface area contributed by atoms with E-state index in [9.17, 15) is 4.79 Å². The zero-order valence-corrected chi connectivity index (χ0v) is 7.50. The van der Waals surface area contributed by atoms with Crippen LogP contribution in [0.2, 0.25) is 0 Å². The molecular weight excluding hydrogens is 162 g/mol. The monoisotopic (exact) mass is 173 g/mol. The van der Waals surface area contributed by atoms with E-state index in [2.05, 4.69) is 4.98 Å². The van der Waals surface area contributed by atoms with Crippen molar-refractivity contribution in [3.05, 3.63) is 36.0 Å². The molecule has 1 aromatic heterocycles. The van der Waals surface area contributed by atoms with Crippen LogP contribution in [0.25, 0.3) is 10.9 Å². The molecule has 1 heterocycles. The summed E-state index contributed by atoms with van der Waals surface area (Å²) >= 11 is 0. The number of hydrogen-bond acceptors (Lipinski definition) is 1. The van der Waals surface area contributed by atoms with Gasteiger partial charge in [-0.1, -0.05) is 12.1 Å². The van der Waals surface area contributed by atoms with Crippen LogP contribution in [-0.4, -0.2) is 10.8 Å². The highest BCUT2D eigenvalue weighted by atomic mass is 16.1. The van der Waals surface area contributed by atoms with Gasteiger partial charge in [0.15, 0.2) is 0 Å². The van der Waals surface area contributed by atoms with E-state index in [1.165, 1.54) is 0 Å². The van der Waals surface area contributed by atoms with Crippen molar-refractivity contribution in [2.24, 2.45) is 0 Å². The van der Waals surface area contributed by atoms with Crippen LogP contribution in [-0.2, 0) is 11.2 Å². The Hall–Kier alpha value is -1.57. The molecule has 0 aliphatic rings. The van der Waals surface area contributed by atoms with Crippen molar-refractivity contribution < 1.29 is 4.79 Å². The Labute approximate surface area is 76.6 Å². The Morgan fingerprint density at radius 3 is 3.00 bits per heavy atom. The molecule has 2 heteroatoms. The fourth-order valence-electron chi connectivity index (χ4n) is 1.57. The second kappa shape index (κ2) is 3.05. The lowest BCUT2D eigenvalue weighted by Crippen LogP contribution is -1.96. The number of carbonyl (C=O) groups excluding carboxylic acids is 1. The minimum atomic E-state index is 0.203. The summed E-state index contributed by atoms with van der Waals surface area (Å²) in [5, 5.41) is 1.15. The van der Waals surface area contributed by atoms with Crippen molar-refractivity contribution in [1.29, 1.82) is 0 Å². The minimum absolute atomic E-state index is 0.203. The predicted octanol–water partition coefficient (Wildman–Crippen LogP) is 2.30. The van der Waals surface area contributed by atoms with Crippen LogP contribution >= 0.6 is 0 Å². The van der Waals surface area contributed by atoms with Gasteiger partial charge in [0.2, 0.25) is 0 Å². The number of carbonyl (C=O) groups is 1. The zero-order chi connectivity index (χ0) is 9.26. The van der Waals surface area contributed by atoms with E-state index in [0.29, 0.717) is 6.42 Å². The molecule has 0 fully saturated rings. The van der Waals surface area contributed by atoms with E-state index in [1.54, 1.807) is 6.92 Å². The highest BCUT2D eigenvalue weighted by molar-refractivity contribution is 5.88. The number of ketones is 1. The topological polar surface area (TPSA) is 32.9 Å². The van der Waals surface area contributed by atoms with E-state index in [4.69, 9.17) is 0 Å². The number of fused-ring (bicyclic) bond motifs is 1. The molecule has 0 unspecified atom stereocenters. The van der Waals surface area contributed by atoms with Crippen molar-refractivity contribution in [1.82, 2.24) is 4.98 Å². The summed E-state index contributed by atoms with van der Waals surface area (Å²) in [5.74, 6) is 0.203. The number of nitrogens with one attached hydrogen (secondary N) is 1. The third-order valence-corrected chi connectivity index (χ3v) is 2.12. The third-order valence-electron chi connectivity index (χ3n) is 2.12. The lowest BCUT2D eigenvalue weighted by atomic mass is 10.1. The van der Waals surface area contributed by atoms with Crippen LogP contribution in [0.3, 0.4) is 0 Å². The summed E-state index contributed by atoms with van der Waals surface area (Å²) in [6.45, 7) is 1.62. The van der Waals surface area contributed by atoms with Gasteiger partial charge in [0.05, 0.1) is 0 Å². The van der Waals surface area contributed by atoms with Gasteiger partial charge < -0.3 is 4.98 Å². The Balaban J connectivity index is 2.54. The average molecular weight is 173 g/mol. The van der Waals surface area contributed by atoms with Crippen LogP contribution in [0.1, 0.15) is 12.5 Å². The molecule has 0 bridgehead atoms. The summed E-state index contributed by atoms with van der Waals surface area (Å²) in [4.78, 5) is 14.1. The molecule has 1 N–H and O–H groups in total. The number of hydrogen-bond donors (Lipinski definition) is 1. The number of aromatic amines is 1. The van der Waals surface area contributed by atoms with Crippen LogP contribution < -0.4 is 0 Å². The van der Waals surface area contributed by atoms with Gasteiger partial charge in [0.25, 0.3) is 0 Å². The second-order valence-electron chi connectivity index (χ2n) is 3.23. The molecule has 2 aromatic rings. The van der Waals surface area contributed by atoms with E-state index in [0.717, 1.165) is 16.5 Å². The summed E-state index contributed by atoms with van der Waals surface area (Å²) < 4.78 is 0. The van der Waals surface area contributed by atoms with Gasteiger partial charge in [0, 0.05) is 23.5 Å². The molecule has 66 valence electrons. The maximum atomic E-state index is 11.0. The van der Waals surface area contributed by atoms with Crippen molar-refractivity contribution >= 4 is 16.7 Å². The Bertz CT molecular complexity index is 442. The molecule has 0 aliphatic heterocycles. The summed E-state index contributed by atoms with van der Waals surface area (Å²) in [6.07, 6.45) is 2.42. The van der Waals surface area contributed by atoms with Crippen LogP contribution in [0.4, 0.5) is 0 Å². The van der Waals surface area contributed by atoms with E-state index in [-0.39, 0.29) is 5.78 Å². The third kappa shape index (κ3) is 1.47. The molecule has 0 aliphatic carbocycles. The van der Waals surface area contributed by atoms with Gasteiger partial charge in [-0.25, -0.2) is 0 Å². The normalized spacial score (nSPS) is 10.5. The maximum Gasteiger partial charge on any atom is 0.134 e. The highest BCUT2D eigenvalue weighted by Gasteiger charge is 2.02. The van der Waals surface area contributed by atoms with Gasteiger partial charge in [0.1, 0.15) is 5.78 Å². The van der Waals surface area contributed by atoms with Crippen molar-refractivity contribution in [2.75, 3.05) is 0 Å². The Kier molecular flexibility index (Phi) is 1.89. The average Bonchev–Trinajstić information content (AvgIpc) is 2.51. The standard InChI is InChI=1S/C11H11NO/c1-8(13)7-9-3-2-4-11-10(9)5-6-12-11/h2-6,12H,7H2,1H3. The number of H-pyrrole nitrogens is 1. The van der Waals surface area contributed by atoms with Crippen molar-refractivity contribution in [2.45, 2.75) is 13.3 Å². The van der Waals surface area contributed by atoms with Crippen molar-refractivity contribution in [3.8, 4) is 0 Å². The quantitative estimate of drug-likeness (QED) is 0.742. The molecule has 0 amide bonds. The first kappa shape index (κ1) is 8.05. The molecule has 2 nitrogen and oxygen atoms in total. The Morgan fingerprint density at radius 1 is 1.38 bits per heavy atom. The molecule has 0 saturated carbocycles. The molecule has 0 radical (unpaired) electrons. The van der Waals surface area contributed by atoms with Gasteiger partial charge in [-0.05, 0) is 24.6 Å². The van der Waals surface area contributed by atoms with Gasteiger partial charge in [-0.2, -0.15) is 0 Å². The smallest absolute Gasteiger partial charge is 0.134 e. The van der Waals surface area contributed by atoms with Crippen molar-refractivity contribution in [3.63, 3.8) is 0 Å². The second-order valence-corrected chi connectivity index (χ2v) is 3.23. The first-order valence-electron chi connectivity index (χ1n) is 4.32. The van der Waals surface area contributed by atoms with Crippen LogP contribution in [0, 0.1) is 0 Å². The number of Topliss-reactive ketones (excluding diaryl/α,β-unsaturated/α-hetero) is 1. The molecule has 13 heavy (non-hydrogen) atoms. The molecule has 1 aromatic carbocycles. The molecule has 2 rings (SSSR count). The van der Waals surface area contributed by atoms with Crippen LogP contribution in [0.5, 0.6) is 0 Å². The number of benzene rings is 1. The van der Waals surface area contributed by atoms with Gasteiger partial charge in [-0.15, -0.1) is 0 Å². The summed E-state index contributed by atoms with van der Waals surface area (Å²) in [5.41, 5.74) is 2.20. The highest BCUT2D eigenvalue weighted by Crippen LogP contribution is 2.17. The fraction of sp³-hybridized carbons (Fsp3) is 0.182. The summed E-state index contributed by atoms with van der Waals surface area (Å²) in [7, 11) is 0. The zero-order valence-electron chi connectivity index (χ0n) is 7.50. The molecular formula is C11H11NO. The fourth-order valence-corrected chi connectivity index (χ4v) is 1.57. The first-order chi connectivity index (χ1) is 6.27. The molecule has 0 saturated heterocycles. The maximum absolute atomic E-state index is 11.0. The SMILES string of the molecule is CC(=O)Cc1cccc2[nH]ccc12.